The topological polar surface area (TPSA) is 180 Å². The Morgan fingerprint density at radius 2 is 2.04 bits per heavy atom. The molecule has 13 heteroatoms. The van der Waals surface area contributed by atoms with Crippen LogP contribution in [-0.2, 0) is 13.8 Å². The zero-order valence-electron chi connectivity index (χ0n) is 11.3. The highest BCUT2D eigenvalue weighted by molar-refractivity contribution is 7.46. The number of imidazole rings is 1. The molecule has 0 saturated carbocycles. The van der Waals surface area contributed by atoms with E-state index in [9.17, 15) is 19.9 Å². The van der Waals surface area contributed by atoms with Crippen LogP contribution in [0.4, 0.5) is 0 Å². The number of phosphoric ester groups is 1. The summed E-state index contributed by atoms with van der Waals surface area (Å²) in [6.45, 7) is 0. The Labute approximate surface area is 128 Å². The first-order valence-electron chi connectivity index (χ1n) is 6.34. The van der Waals surface area contributed by atoms with Gasteiger partial charge in [0.05, 0.1) is 12.5 Å². The molecule has 1 saturated heterocycles. The molecule has 126 valence electrons. The van der Waals surface area contributed by atoms with Crippen molar-refractivity contribution >= 4 is 19.0 Å². The number of rotatable bonds is 4. The van der Waals surface area contributed by atoms with Crippen LogP contribution in [0, 0.1) is 0 Å². The predicted molar refractivity (Wildman–Crippen MR) is 70.4 cm³/mol. The van der Waals surface area contributed by atoms with Crippen molar-refractivity contribution in [1.82, 2.24) is 19.5 Å². The summed E-state index contributed by atoms with van der Waals surface area (Å²) in [4.78, 5) is 29.1. The number of phosphoric acid groups is 1. The number of aliphatic hydroxyl groups excluding tert-OH is 3. The second-order valence-electron chi connectivity index (χ2n) is 4.84. The molecule has 2 aromatic rings. The van der Waals surface area contributed by atoms with Crippen LogP contribution < -0.4 is 0 Å². The standard InChI is InChI=1S/C10H13N4O8P/c15-5-6(16)9(21-7(5)10(17)22-23(18,19)20)14-3-13-4-1-11-2-12-8(4)14/h1-3,5-7,9-10,15-17H,(H2,18,19,20)/t5-,6-,7-,9+,10?/m0/s1. The molecule has 1 fully saturated rings. The fraction of sp³-hybridized carbons (Fsp3) is 0.500. The highest BCUT2D eigenvalue weighted by Crippen LogP contribution is 2.41. The molecule has 0 radical (unpaired) electrons. The Kier molecular flexibility index (Phi) is 4.16. The quantitative estimate of drug-likeness (QED) is 0.301. The van der Waals surface area contributed by atoms with Crippen LogP contribution in [0.3, 0.4) is 0 Å². The largest absolute Gasteiger partial charge is 0.472 e. The summed E-state index contributed by atoms with van der Waals surface area (Å²) in [6, 6.07) is 0. The van der Waals surface area contributed by atoms with E-state index in [0.717, 1.165) is 0 Å². The summed E-state index contributed by atoms with van der Waals surface area (Å²) >= 11 is 0. The van der Waals surface area contributed by atoms with Crippen LogP contribution in [0.5, 0.6) is 0 Å². The first kappa shape index (κ1) is 16.4. The maximum atomic E-state index is 10.8. The molecule has 5 atom stereocenters. The summed E-state index contributed by atoms with van der Waals surface area (Å²) in [6.07, 6.45) is -4.11. The van der Waals surface area contributed by atoms with Crippen LogP contribution in [-0.4, -0.2) is 69.2 Å². The van der Waals surface area contributed by atoms with Crippen molar-refractivity contribution < 1.29 is 38.9 Å². The van der Waals surface area contributed by atoms with Gasteiger partial charge in [-0.3, -0.25) is 9.09 Å². The predicted octanol–water partition coefficient (Wildman–Crippen LogP) is -2.13. The minimum absolute atomic E-state index is 0.308. The number of aromatic nitrogens is 4. The first-order chi connectivity index (χ1) is 10.8. The molecule has 0 bridgehead atoms. The van der Waals surface area contributed by atoms with Gasteiger partial charge in [-0.05, 0) is 0 Å². The molecule has 23 heavy (non-hydrogen) atoms. The first-order valence-corrected chi connectivity index (χ1v) is 7.87. The van der Waals surface area contributed by atoms with Gasteiger partial charge in [0, 0.05) is 0 Å². The molecule has 5 N–H and O–H groups in total. The molecular weight excluding hydrogens is 335 g/mol. The van der Waals surface area contributed by atoms with Gasteiger partial charge in [-0.15, -0.1) is 0 Å². The van der Waals surface area contributed by atoms with Gasteiger partial charge in [-0.2, -0.15) is 0 Å². The molecule has 0 amide bonds. The fourth-order valence-corrected chi connectivity index (χ4v) is 2.72. The van der Waals surface area contributed by atoms with Gasteiger partial charge in [0.15, 0.2) is 18.2 Å². The SMILES string of the molecule is O=P(O)(O)OC(O)[C@H]1O[C@@H](n2cnc3cncnc32)[C@@H](O)[C@@H]1O. The van der Waals surface area contributed by atoms with Crippen molar-refractivity contribution in [2.75, 3.05) is 0 Å². The van der Waals surface area contributed by atoms with E-state index >= 15 is 0 Å². The molecule has 3 heterocycles. The molecular formula is C10H13N4O8P. The van der Waals surface area contributed by atoms with Gasteiger partial charge >= 0.3 is 7.82 Å². The third kappa shape index (κ3) is 3.11. The summed E-state index contributed by atoms with van der Waals surface area (Å²) in [7, 11) is -5.00. The second kappa shape index (κ2) is 5.85. The van der Waals surface area contributed by atoms with Gasteiger partial charge in [0.25, 0.3) is 0 Å². The maximum absolute atomic E-state index is 10.8. The lowest BCUT2D eigenvalue weighted by molar-refractivity contribution is -0.161. The van der Waals surface area contributed by atoms with E-state index < -0.39 is 38.7 Å². The number of aliphatic hydroxyl groups is 3. The Morgan fingerprint density at radius 1 is 1.30 bits per heavy atom. The van der Waals surface area contributed by atoms with Crippen molar-refractivity contribution in [3.05, 3.63) is 18.9 Å². The van der Waals surface area contributed by atoms with Crippen LogP contribution in [0.2, 0.25) is 0 Å². The maximum Gasteiger partial charge on any atom is 0.472 e. The van der Waals surface area contributed by atoms with E-state index in [4.69, 9.17) is 14.5 Å². The Hall–Kier alpha value is -1.50. The molecule has 1 aliphatic heterocycles. The summed E-state index contributed by atoms with van der Waals surface area (Å²) in [5.74, 6) is 0. The average Bonchev–Trinajstić information content (AvgIpc) is 3.00. The third-order valence-electron chi connectivity index (χ3n) is 3.31. The van der Waals surface area contributed by atoms with Gasteiger partial charge in [0.2, 0.25) is 0 Å². The summed E-state index contributed by atoms with van der Waals surface area (Å²) < 4.78 is 21.4. The lowest BCUT2D eigenvalue weighted by Gasteiger charge is -2.21. The minimum atomic E-state index is -5.00. The Morgan fingerprint density at radius 3 is 2.74 bits per heavy atom. The van der Waals surface area contributed by atoms with Gasteiger partial charge in [0.1, 0.15) is 30.2 Å². The highest BCUT2D eigenvalue weighted by atomic mass is 31.2. The van der Waals surface area contributed by atoms with E-state index in [0.29, 0.717) is 11.2 Å². The van der Waals surface area contributed by atoms with Crippen molar-refractivity contribution in [1.29, 1.82) is 0 Å². The smallest absolute Gasteiger partial charge is 0.387 e. The van der Waals surface area contributed by atoms with E-state index in [2.05, 4.69) is 19.5 Å². The van der Waals surface area contributed by atoms with Gasteiger partial charge in [-0.25, -0.2) is 19.5 Å². The lowest BCUT2D eigenvalue weighted by Crippen LogP contribution is -2.39. The van der Waals surface area contributed by atoms with E-state index in [-0.39, 0.29) is 0 Å². The molecule has 2 aromatic heterocycles. The summed E-state index contributed by atoms with van der Waals surface area (Å²) in [5, 5.41) is 29.7. The molecule has 1 aliphatic rings. The zero-order valence-corrected chi connectivity index (χ0v) is 12.2. The van der Waals surface area contributed by atoms with Crippen LogP contribution in [0.15, 0.2) is 18.9 Å². The number of nitrogens with zero attached hydrogens (tertiary/aromatic N) is 4. The van der Waals surface area contributed by atoms with Crippen molar-refractivity contribution in [2.45, 2.75) is 30.8 Å². The van der Waals surface area contributed by atoms with E-state index in [1.165, 1.54) is 23.4 Å². The van der Waals surface area contributed by atoms with Crippen LogP contribution in [0.25, 0.3) is 11.2 Å². The number of ether oxygens (including phenoxy) is 1. The zero-order chi connectivity index (χ0) is 16.8. The number of fused-ring (bicyclic) bond motifs is 1. The summed E-state index contributed by atoms with van der Waals surface area (Å²) in [5.41, 5.74) is 0.718. The third-order valence-corrected chi connectivity index (χ3v) is 3.80. The van der Waals surface area contributed by atoms with E-state index in [1.807, 2.05) is 0 Å². The van der Waals surface area contributed by atoms with Gasteiger partial charge in [-0.1, -0.05) is 0 Å². The molecule has 0 aromatic carbocycles. The van der Waals surface area contributed by atoms with Crippen LogP contribution >= 0.6 is 7.82 Å². The fourth-order valence-electron chi connectivity index (χ4n) is 2.32. The van der Waals surface area contributed by atoms with Crippen molar-refractivity contribution in [3.8, 4) is 0 Å². The Bertz CT molecular complexity index is 749. The number of hydrogen-bond donors (Lipinski definition) is 5. The average molecular weight is 348 g/mol. The minimum Gasteiger partial charge on any atom is -0.387 e. The van der Waals surface area contributed by atoms with E-state index in [1.54, 1.807) is 0 Å². The molecule has 0 aliphatic carbocycles. The lowest BCUT2D eigenvalue weighted by atomic mass is 10.1. The highest BCUT2D eigenvalue weighted by Gasteiger charge is 2.49. The van der Waals surface area contributed by atoms with Gasteiger partial charge < -0.3 is 29.8 Å². The monoisotopic (exact) mass is 348 g/mol. The molecule has 3 rings (SSSR count). The number of hydrogen-bond acceptors (Lipinski definition) is 9. The molecule has 0 spiro atoms. The Balaban J connectivity index is 1.86. The van der Waals surface area contributed by atoms with Crippen molar-refractivity contribution in [2.24, 2.45) is 0 Å². The van der Waals surface area contributed by atoms with Crippen LogP contribution in [0.1, 0.15) is 6.23 Å². The van der Waals surface area contributed by atoms with Crippen molar-refractivity contribution in [3.63, 3.8) is 0 Å². The normalized spacial score (nSPS) is 30.0. The second-order valence-corrected chi connectivity index (χ2v) is 6.03. The molecule has 1 unspecified atom stereocenters. The molecule has 12 nitrogen and oxygen atoms in total.